The number of thioether (sulfide) groups is 1. The summed E-state index contributed by atoms with van der Waals surface area (Å²) >= 11 is 1.49. The molecule has 0 aromatic carbocycles. The molecule has 2 aliphatic carbocycles. The average Bonchev–Trinajstić information content (AvgIpc) is 3.27. The first-order valence-corrected chi connectivity index (χ1v) is 9.72. The fourth-order valence-electron chi connectivity index (χ4n) is 3.66. The third-order valence-electron chi connectivity index (χ3n) is 4.83. The number of hydrogen-bond acceptors (Lipinski definition) is 4. The van der Waals surface area contributed by atoms with Crippen LogP contribution in [-0.2, 0) is 11.3 Å². The van der Waals surface area contributed by atoms with Gasteiger partial charge >= 0.3 is 0 Å². The molecule has 1 aromatic rings. The normalized spacial score (nSPS) is 19.3. The van der Waals surface area contributed by atoms with E-state index in [1.54, 1.807) is 0 Å². The van der Waals surface area contributed by atoms with Gasteiger partial charge in [0.2, 0.25) is 5.91 Å². The number of carbonyl (C=O) groups excluding carboxylic acids is 1. The zero-order valence-corrected chi connectivity index (χ0v) is 14.5. The van der Waals surface area contributed by atoms with Crippen LogP contribution in [0.1, 0.15) is 63.1 Å². The maximum absolute atomic E-state index is 12.1. The molecule has 2 aliphatic rings. The molecule has 126 valence electrons. The molecule has 0 spiro atoms. The Morgan fingerprint density at radius 3 is 2.61 bits per heavy atom. The van der Waals surface area contributed by atoms with Crippen LogP contribution in [-0.4, -0.2) is 32.5 Å². The maximum atomic E-state index is 12.1. The Labute approximate surface area is 142 Å². The lowest BCUT2D eigenvalue weighted by Crippen LogP contribution is -2.33. The van der Waals surface area contributed by atoms with Gasteiger partial charge in [-0.1, -0.05) is 43.5 Å². The molecule has 1 heterocycles. The lowest BCUT2D eigenvalue weighted by Gasteiger charge is -2.13. The molecule has 0 atom stereocenters. The van der Waals surface area contributed by atoms with Crippen molar-refractivity contribution in [2.45, 2.75) is 75.0 Å². The van der Waals surface area contributed by atoms with Crippen molar-refractivity contribution in [1.29, 1.82) is 0 Å². The van der Waals surface area contributed by atoms with Gasteiger partial charge in [0.1, 0.15) is 5.82 Å². The van der Waals surface area contributed by atoms with E-state index < -0.39 is 0 Å². The van der Waals surface area contributed by atoms with Crippen LogP contribution < -0.4 is 5.32 Å². The van der Waals surface area contributed by atoms with Gasteiger partial charge in [-0.25, -0.2) is 0 Å². The summed E-state index contributed by atoms with van der Waals surface area (Å²) in [7, 11) is 0. The fraction of sp³-hybridized carbons (Fsp3) is 0.706. The summed E-state index contributed by atoms with van der Waals surface area (Å²) in [5, 5.41) is 12.7. The van der Waals surface area contributed by atoms with Crippen molar-refractivity contribution in [3.8, 4) is 0 Å². The standard InChI is InChI=1S/C17H26N4OS/c1-2-11-21-16(13-7-3-4-8-13)19-20-17(21)23-12-15(22)18-14-9-5-6-10-14/h2,13-14H,1,3-12H2,(H,18,22). The van der Waals surface area contributed by atoms with Crippen molar-refractivity contribution in [2.75, 3.05) is 5.75 Å². The number of amides is 1. The van der Waals surface area contributed by atoms with Crippen molar-refractivity contribution in [2.24, 2.45) is 0 Å². The predicted octanol–water partition coefficient (Wildman–Crippen LogP) is 3.27. The highest BCUT2D eigenvalue weighted by Crippen LogP contribution is 2.34. The van der Waals surface area contributed by atoms with E-state index in [0.29, 0.717) is 24.3 Å². The summed E-state index contributed by atoms with van der Waals surface area (Å²) in [5.41, 5.74) is 0. The monoisotopic (exact) mass is 334 g/mol. The second-order valence-corrected chi connectivity index (χ2v) is 7.50. The lowest BCUT2D eigenvalue weighted by molar-refractivity contribution is -0.119. The molecule has 6 heteroatoms. The molecule has 3 rings (SSSR count). The van der Waals surface area contributed by atoms with Crippen LogP contribution in [0, 0.1) is 0 Å². The summed E-state index contributed by atoms with van der Waals surface area (Å²) in [6.07, 6.45) is 11.5. The first-order chi connectivity index (χ1) is 11.3. The first kappa shape index (κ1) is 16.6. The van der Waals surface area contributed by atoms with E-state index in [4.69, 9.17) is 0 Å². The molecule has 0 bridgehead atoms. The second kappa shape index (κ2) is 7.99. The summed E-state index contributed by atoms with van der Waals surface area (Å²) in [5.74, 6) is 2.11. The second-order valence-electron chi connectivity index (χ2n) is 6.56. The van der Waals surface area contributed by atoms with Gasteiger partial charge in [-0.3, -0.25) is 4.79 Å². The minimum atomic E-state index is 0.109. The zero-order chi connectivity index (χ0) is 16.1. The van der Waals surface area contributed by atoms with E-state index in [1.807, 2.05) is 6.08 Å². The number of allylic oxidation sites excluding steroid dienone is 1. The van der Waals surface area contributed by atoms with Gasteiger partial charge in [0.15, 0.2) is 5.16 Å². The van der Waals surface area contributed by atoms with Gasteiger partial charge in [-0.05, 0) is 25.7 Å². The van der Waals surface area contributed by atoms with E-state index in [-0.39, 0.29) is 5.91 Å². The highest BCUT2D eigenvalue weighted by molar-refractivity contribution is 7.99. The van der Waals surface area contributed by atoms with E-state index >= 15 is 0 Å². The van der Waals surface area contributed by atoms with E-state index in [9.17, 15) is 4.79 Å². The van der Waals surface area contributed by atoms with Gasteiger partial charge < -0.3 is 9.88 Å². The molecule has 0 aliphatic heterocycles. The molecule has 2 fully saturated rings. The highest BCUT2D eigenvalue weighted by atomic mass is 32.2. The quantitative estimate of drug-likeness (QED) is 0.614. The number of rotatable bonds is 7. The van der Waals surface area contributed by atoms with Crippen LogP contribution in [0.25, 0.3) is 0 Å². The summed E-state index contributed by atoms with van der Waals surface area (Å²) < 4.78 is 2.14. The largest absolute Gasteiger partial charge is 0.353 e. The smallest absolute Gasteiger partial charge is 0.230 e. The topological polar surface area (TPSA) is 59.8 Å². The van der Waals surface area contributed by atoms with Crippen molar-refractivity contribution >= 4 is 17.7 Å². The molecular formula is C17H26N4OS. The van der Waals surface area contributed by atoms with Crippen LogP contribution >= 0.6 is 11.8 Å². The number of nitrogens with zero attached hydrogens (tertiary/aromatic N) is 3. The SMILES string of the molecule is C=CCn1c(SCC(=O)NC2CCCC2)nnc1C1CCCC1. The third kappa shape index (κ3) is 4.16. The Bertz CT molecular complexity index is 545. The van der Waals surface area contributed by atoms with E-state index in [1.165, 1.54) is 50.3 Å². The Morgan fingerprint density at radius 1 is 1.22 bits per heavy atom. The van der Waals surface area contributed by atoms with E-state index in [0.717, 1.165) is 23.8 Å². The molecule has 0 unspecified atom stereocenters. The summed E-state index contributed by atoms with van der Waals surface area (Å²) in [6, 6.07) is 0.378. The van der Waals surface area contributed by atoms with Crippen LogP contribution in [0.2, 0.25) is 0 Å². The minimum Gasteiger partial charge on any atom is -0.353 e. The average molecular weight is 334 g/mol. The molecule has 23 heavy (non-hydrogen) atoms. The summed E-state index contributed by atoms with van der Waals surface area (Å²) in [6.45, 7) is 4.56. The van der Waals surface area contributed by atoms with Crippen LogP contribution in [0.4, 0.5) is 0 Å². The van der Waals surface area contributed by atoms with Gasteiger partial charge in [0, 0.05) is 18.5 Å². The molecule has 0 saturated heterocycles. The molecule has 1 amide bonds. The Kier molecular flexibility index (Phi) is 5.75. The van der Waals surface area contributed by atoms with Gasteiger partial charge in [0.25, 0.3) is 0 Å². The number of nitrogens with one attached hydrogen (secondary N) is 1. The zero-order valence-electron chi connectivity index (χ0n) is 13.7. The van der Waals surface area contributed by atoms with Crippen molar-refractivity contribution in [3.63, 3.8) is 0 Å². The molecule has 1 N–H and O–H groups in total. The van der Waals surface area contributed by atoms with Crippen molar-refractivity contribution in [1.82, 2.24) is 20.1 Å². The van der Waals surface area contributed by atoms with E-state index in [2.05, 4.69) is 26.7 Å². The van der Waals surface area contributed by atoms with Gasteiger partial charge in [0.05, 0.1) is 5.75 Å². The minimum absolute atomic E-state index is 0.109. The summed E-state index contributed by atoms with van der Waals surface area (Å²) in [4.78, 5) is 12.1. The maximum Gasteiger partial charge on any atom is 0.230 e. The Morgan fingerprint density at radius 2 is 1.91 bits per heavy atom. The Balaban J connectivity index is 1.60. The number of carbonyl (C=O) groups is 1. The Hall–Kier alpha value is -1.30. The van der Waals surface area contributed by atoms with Crippen LogP contribution in [0.15, 0.2) is 17.8 Å². The highest BCUT2D eigenvalue weighted by Gasteiger charge is 2.24. The van der Waals surface area contributed by atoms with Crippen molar-refractivity contribution < 1.29 is 4.79 Å². The number of hydrogen-bond donors (Lipinski definition) is 1. The fourth-order valence-corrected chi connectivity index (χ4v) is 4.43. The predicted molar refractivity (Wildman–Crippen MR) is 92.6 cm³/mol. The van der Waals surface area contributed by atoms with Gasteiger partial charge in [-0.2, -0.15) is 0 Å². The van der Waals surface area contributed by atoms with Crippen LogP contribution in [0.5, 0.6) is 0 Å². The lowest BCUT2D eigenvalue weighted by atomic mass is 10.1. The van der Waals surface area contributed by atoms with Gasteiger partial charge in [-0.15, -0.1) is 16.8 Å². The molecule has 2 saturated carbocycles. The molecule has 1 aromatic heterocycles. The molecule has 0 radical (unpaired) electrons. The molecule has 5 nitrogen and oxygen atoms in total. The van der Waals surface area contributed by atoms with Crippen LogP contribution in [0.3, 0.4) is 0 Å². The first-order valence-electron chi connectivity index (χ1n) is 8.74. The van der Waals surface area contributed by atoms with Crippen molar-refractivity contribution in [3.05, 3.63) is 18.5 Å². The number of aromatic nitrogens is 3. The molecular weight excluding hydrogens is 308 g/mol. The third-order valence-corrected chi connectivity index (χ3v) is 5.80.